The molecule has 1 aliphatic heterocycles. The van der Waals surface area contributed by atoms with Crippen LogP contribution in [0.4, 0.5) is 17.1 Å². The quantitative estimate of drug-likeness (QED) is 0.596. The Morgan fingerprint density at radius 3 is 2.23 bits per heavy atom. The van der Waals surface area contributed by atoms with Gasteiger partial charge in [-0.1, -0.05) is 24.3 Å². The fraction of sp³-hybridized carbons (Fsp3) is 0.0909. The van der Waals surface area contributed by atoms with E-state index in [0.29, 0.717) is 29.9 Å². The average molecular weight is 421 g/mol. The fourth-order valence-electron chi connectivity index (χ4n) is 3.05. The Kier molecular flexibility index (Phi) is 5.24. The van der Waals surface area contributed by atoms with Crippen molar-refractivity contribution >= 4 is 38.9 Å². The van der Waals surface area contributed by atoms with E-state index in [1.807, 2.05) is 6.07 Å². The standard InChI is InChI=1S/C22H19N3O4S/c26-21-13-14-25(21)19-6-4-5-18(15-19)23-22(27)16-9-11-17(12-10-16)24-30(28,29)20-7-2-1-3-8-20/h1-12,15,24H,13-14H2,(H,23,27). The van der Waals surface area contributed by atoms with Crippen molar-refractivity contribution in [3.63, 3.8) is 0 Å². The summed E-state index contributed by atoms with van der Waals surface area (Å²) in [5, 5.41) is 2.79. The van der Waals surface area contributed by atoms with Crippen molar-refractivity contribution in [1.82, 2.24) is 0 Å². The minimum absolute atomic E-state index is 0.0621. The van der Waals surface area contributed by atoms with E-state index in [4.69, 9.17) is 0 Å². The van der Waals surface area contributed by atoms with Gasteiger partial charge in [0.25, 0.3) is 15.9 Å². The number of amides is 2. The lowest BCUT2D eigenvalue weighted by molar-refractivity contribution is -0.122. The molecule has 4 rings (SSSR count). The second-order valence-corrected chi connectivity index (χ2v) is 8.48. The van der Waals surface area contributed by atoms with Gasteiger partial charge in [0.15, 0.2) is 0 Å². The second-order valence-electron chi connectivity index (χ2n) is 6.80. The Hall–Kier alpha value is -3.65. The van der Waals surface area contributed by atoms with Crippen molar-refractivity contribution in [2.45, 2.75) is 11.3 Å². The first-order chi connectivity index (χ1) is 14.4. The van der Waals surface area contributed by atoms with Crippen molar-refractivity contribution in [2.24, 2.45) is 0 Å². The van der Waals surface area contributed by atoms with Crippen molar-refractivity contribution < 1.29 is 18.0 Å². The molecule has 2 N–H and O–H groups in total. The van der Waals surface area contributed by atoms with Crippen molar-refractivity contribution in [3.8, 4) is 0 Å². The van der Waals surface area contributed by atoms with Crippen LogP contribution >= 0.6 is 0 Å². The van der Waals surface area contributed by atoms with E-state index in [1.54, 1.807) is 53.4 Å². The summed E-state index contributed by atoms with van der Waals surface area (Å²) in [7, 11) is -3.69. The summed E-state index contributed by atoms with van der Waals surface area (Å²) >= 11 is 0. The van der Waals surface area contributed by atoms with Crippen LogP contribution in [0.15, 0.2) is 83.8 Å². The summed E-state index contributed by atoms with van der Waals surface area (Å²) in [5.74, 6) is -0.272. The van der Waals surface area contributed by atoms with Crippen LogP contribution in [-0.2, 0) is 14.8 Å². The highest BCUT2D eigenvalue weighted by atomic mass is 32.2. The molecule has 30 heavy (non-hydrogen) atoms. The molecule has 1 saturated heterocycles. The van der Waals surface area contributed by atoms with Crippen LogP contribution < -0.4 is 14.9 Å². The summed E-state index contributed by atoms with van der Waals surface area (Å²) in [6, 6.07) is 21.3. The average Bonchev–Trinajstić information content (AvgIpc) is 2.74. The van der Waals surface area contributed by atoms with E-state index in [9.17, 15) is 18.0 Å². The second kappa shape index (κ2) is 8.00. The molecule has 152 valence electrons. The molecule has 1 aliphatic rings. The number of hydrogen-bond donors (Lipinski definition) is 2. The van der Waals surface area contributed by atoms with E-state index in [2.05, 4.69) is 10.0 Å². The lowest BCUT2D eigenvalue weighted by Gasteiger charge is -2.30. The number of rotatable bonds is 6. The van der Waals surface area contributed by atoms with E-state index < -0.39 is 10.0 Å². The third-order valence-corrected chi connectivity index (χ3v) is 6.12. The first-order valence-electron chi connectivity index (χ1n) is 9.32. The SMILES string of the molecule is O=C(Nc1cccc(N2CCC2=O)c1)c1ccc(NS(=O)(=O)c2ccccc2)cc1. The molecule has 1 heterocycles. The Bertz CT molecular complexity index is 1190. The van der Waals surface area contributed by atoms with Gasteiger partial charge >= 0.3 is 0 Å². The van der Waals surface area contributed by atoms with E-state index in [1.165, 1.54) is 24.3 Å². The zero-order valence-electron chi connectivity index (χ0n) is 15.9. The van der Waals surface area contributed by atoms with Crippen LogP contribution in [0.3, 0.4) is 0 Å². The number of nitrogens with zero attached hydrogens (tertiary/aromatic N) is 1. The molecular formula is C22H19N3O4S. The smallest absolute Gasteiger partial charge is 0.261 e. The van der Waals surface area contributed by atoms with Gasteiger partial charge in [-0.3, -0.25) is 14.3 Å². The number of anilines is 3. The largest absolute Gasteiger partial charge is 0.322 e. The molecule has 3 aromatic rings. The zero-order valence-corrected chi connectivity index (χ0v) is 16.7. The fourth-order valence-corrected chi connectivity index (χ4v) is 4.13. The highest BCUT2D eigenvalue weighted by Crippen LogP contribution is 2.25. The Balaban J connectivity index is 1.43. The zero-order chi connectivity index (χ0) is 21.1. The molecule has 0 radical (unpaired) electrons. The van der Waals surface area contributed by atoms with Crippen LogP contribution in [0.5, 0.6) is 0 Å². The Morgan fingerprint density at radius 2 is 1.60 bits per heavy atom. The summed E-state index contributed by atoms with van der Waals surface area (Å²) < 4.78 is 27.3. The molecule has 0 aliphatic carbocycles. The third-order valence-electron chi connectivity index (χ3n) is 4.72. The van der Waals surface area contributed by atoms with Gasteiger partial charge in [-0.15, -0.1) is 0 Å². The van der Waals surface area contributed by atoms with Gasteiger partial charge in [-0.2, -0.15) is 0 Å². The predicted octanol–water partition coefficient (Wildman–Crippen LogP) is 3.48. The highest BCUT2D eigenvalue weighted by molar-refractivity contribution is 7.92. The van der Waals surface area contributed by atoms with E-state index in [0.717, 1.165) is 5.69 Å². The highest BCUT2D eigenvalue weighted by Gasteiger charge is 2.25. The maximum Gasteiger partial charge on any atom is 0.261 e. The summed E-state index contributed by atoms with van der Waals surface area (Å²) in [6.07, 6.45) is 0.539. The van der Waals surface area contributed by atoms with E-state index in [-0.39, 0.29) is 16.7 Å². The molecule has 1 fully saturated rings. The third kappa shape index (κ3) is 4.18. The van der Waals surface area contributed by atoms with Crippen LogP contribution in [0, 0.1) is 0 Å². The predicted molar refractivity (Wildman–Crippen MR) is 115 cm³/mol. The number of carbonyl (C=O) groups excluding carboxylic acids is 2. The molecular weight excluding hydrogens is 402 g/mol. The molecule has 0 bridgehead atoms. The topological polar surface area (TPSA) is 95.6 Å². The van der Waals surface area contributed by atoms with Crippen molar-refractivity contribution in [1.29, 1.82) is 0 Å². The maximum absolute atomic E-state index is 12.5. The van der Waals surface area contributed by atoms with Gasteiger partial charge in [0.2, 0.25) is 5.91 Å². The molecule has 0 aromatic heterocycles. The number of β-lactam (4-membered cyclic amide) rings is 1. The maximum atomic E-state index is 12.5. The number of hydrogen-bond acceptors (Lipinski definition) is 4. The number of nitrogens with one attached hydrogen (secondary N) is 2. The first-order valence-corrected chi connectivity index (χ1v) is 10.8. The molecule has 3 aromatic carbocycles. The van der Waals surface area contributed by atoms with Crippen molar-refractivity contribution in [2.75, 3.05) is 21.5 Å². The Morgan fingerprint density at radius 1 is 0.867 bits per heavy atom. The van der Waals surface area contributed by atoms with Crippen LogP contribution in [0.25, 0.3) is 0 Å². The lowest BCUT2D eigenvalue weighted by atomic mass is 10.1. The Labute approximate surface area is 174 Å². The first kappa shape index (κ1) is 19.7. The molecule has 0 saturated carbocycles. The monoisotopic (exact) mass is 421 g/mol. The summed E-state index contributed by atoms with van der Waals surface area (Å²) in [6.45, 7) is 0.677. The number of sulfonamides is 1. The molecule has 0 spiro atoms. The molecule has 0 unspecified atom stereocenters. The summed E-state index contributed by atoms with van der Waals surface area (Å²) in [5.41, 5.74) is 2.05. The van der Waals surface area contributed by atoms with Gasteiger partial charge in [-0.05, 0) is 54.6 Å². The van der Waals surface area contributed by atoms with Gasteiger partial charge < -0.3 is 10.2 Å². The van der Waals surface area contributed by atoms with Gasteiger partial charge in [0.05, 0.1) is 4.90 Å². The number of carbonyl (C=O) groups is 2. The molecule has 0 atom stereocenters. The number of benzene rings is 3. The molecule has 7 nitrogen and oxygen atoms in total. The van der Waals surface area contributed by atoms with E-state index >= 15 is 0 Å². The van der Waals surface area contributed by atoms with Crippen LogP contribution in [-0.4, -0.2) is 26.8 Å². The minimum Gasteiger partial charge on any atom is -0.322 e. The minimum atomic E-state index is -3.69. The van der Waals surface area contributed by atoms with Crippen LogP contribution in [0.1, 0.15) is 16.8 Å². The van der Waals surface area contributed by atoms with Gasteiger partial charge in [-0.25, -0.2) is 8.42 Å². The van der Waals surface area contributed by atoms with Gasteiger partial charge in [0.1, 0.15) is 0 Å². The summed E-state index contributed by atoms with van der Waals surface area (Å²) in [4.78, 5) is 25.9. The van der Waals surface area contributed by atoms with Gasteiger partial charge in [0, 0.05) is 35.6 Å². The molecule has 8 heteroatoms. The van der Waals surface area contributed by atoms with Crippen molar-refractivity contribution in [3.05, 3.63) is 84.4 Å². The van der Waals surface area contributed by atoms with Crippen LogP contribution in [0.2, 0.25) is 0 Å². The normalized spacial score (nSPS) is 13.5. The molecule has 2 amide bonds. The lowest BCUT2D eigenvalue weighted by Crippen LogP contribution is -2.43.